The molecule has 2 bridgehead atoms. The first-order valence-corrected chi connectivity index (χ1v) is 6.89. The van der Waals surface area contributed by atoms with E-state index in [0.717, 1.165) is 23.8 Å². The Morgan fingerprint density at radius 2 is 1.56 bits per heavy atom. The Kier molecular flexibility index (Phi) is 2.70. The van der Waals surface area contributed by atoms with Gasteiger partial charge in [-0.1, -0.05) is 20.8 Å². The van der Waals surface area contributed by atoms with E-state index in [0.29, 0.717) is 11.0 Å². The van der Waals surface area contributed by atoms with Gasteiger partial charge in [0.2, 0.25) is 0 Å². The van der Waals surface area contributed by atoms with Crippen LogP contribution in [0.2, 0.25) is 0 Å². The summed E-state index contributed by atoms with van der Waals surface area (Å²) in [6.07, 6.45) is 1.48. The Bertz CT molecular complexity index is 252. The van der Waals surface area contributed by atoms with Crippen molar-refractivity contribution in [1.29, 1.82) is 0 Å². The van der Waals surface area contributed by atoms with E-state index in [1.165, 1.54) is 13.0 Å². The van der Waals surface area contributed by atoms with E-state index in [1.54, 1.807) is 0 Å². The van der Waals surface area contributed by atoms with Crippen LogP contribution in [-0.4, -0.2) is 23.0 Å². The van der Waals surface area contributed by atoms with Crippen LogP contribution < -0.4 is 0 Å². The predicted octanol–water partition coefficient (Wildman–Crippen LogP) is 3.79. The quantitative estimate of drug-likeness (QED) is 0.604. The van der Waals surface area contributed by atoms with Crippen molar-refractivity contribution in [2.75, 3.05) is 6.54 Å². The fraction of sp³-hybridized carbons (Fsp3) is 1.00. The van der Waals surface area contributed by atoms with Crippen molar-refractivity contribution in [3.63, 3.8) is 0 Å². The topological polar surface area (TPSA) is 3.24 Å². The minimum Gasteiger partial charge on any atom is -0.295 e. The molecule has 2 saturated heterocycles. The fourth-order valence-corrected chi connectivity index (χ4v) is 4.37. The predicted molar refractivity (Wildman–Crippen MR) is 70.5 cm³/mol. The maximum Gasteiger partial charge on any atom is 0.0128 e. The summed E-state index contributed by atoms with van der Waals surface area (Å²) in [4.78, 5) is 2.73. The summed E-state index contributed by atoms with van der Waals surface area (Å²) in [5.41, 5.74) is 0.852. The first-order chi connectivity index (χ1) is 7.12. The zero-order valence-corrected chi connectivity index (χ0v) is 12.2. The molecule has 3 rings (SSSR count). The number of piperidine rings is 2. The molecular weight excluding hydrogens is 194 g/mol. The monoisotopic (exact) mass is 223 g/mol. The SMILES string of the molecule is CC1C2CC(CN1C(C)(C)C)C2C(C)(C)C. The molecule has 94 valence electrons. The van der Waals surface area contributed by atoms with E-state index < -0.39 is 0 Å². The first kappa shape index (κ1) is 12.4. The third-order valence-corrected chi connectivity index (χ3v) is 4.95. The lowest BCUT2D eigenvalue weighted by Gasteiger charge is -2.64. The lowest BCUT2D eigenvalue weighted by Crippen LogP contribution is -2.66. The third kappa shape index (κ3) is 1.81. The van der Waals surface area contributed by atoms with Gasteiger partial charge < -0.3 is 0 Å². The third-order valence-electron chi connectivity index (χ3n) is 4.95. The number of hydrogen-bond acceptors (Lipinski definition) is 1. The second-order valence-electron chi connectivity index (χ2n) is 8.12. The van der Waals surface area contributed by atoms with E-state index in [1.807, 2.05) is 0 Å². The van der Waals surface area contributed by atoms with Crippen molar-refractivity contribution in [1.82, 2.24) is 4.90 Å². The maximum atomic E-state index is 2.73. The Hall–Kier alpha value is -0.0400. The van der Waals surface area contributed by atoms with Crippen LogP contribution in [0.25, 0.3) is 0 Å². The number of nitrogens with zero attached hydrogens (tertiary/aromatic N) is 1. The van der Waals surface area contributed by atoms with Crippen LogP contribution in [-0.2, 0) is 0 Å². The zero-order chi connectivity index (χ0) is 12.3. The summed E-state index contributed by atoms with van der Waals surface area (Å²) in [6, 6.07) is 0.772. The van der Waals surface area contributed by atoms with E-state index in [4.69, 9.17) is 0 Å². The summed E-state index contributed by atoms with van der Waals surface area (Å²) >= 11 is 0. The minimum absolute atomic E-state index is 0.346. The summed E-state index contributed by atoms with van der Waals surface area (Å²) in [5, 5.41) is 0. The van der Waals surface area contributed by atoms with Crippen LogP contribution in [0.3, 0.4) is 0 Å². The van der Waals surface area contributed by atoms with Gasteiger partial charge in [0.1, 0.15) is 0 Å². The molecule has 16 heavy (non-hydrogen) atoms. The molecule has 0 spiro atoms. The molecular formula is C15H29N. The highest BCUT2D eigenvalue weighted by Crippen LogP contribution is 2.56. The van der Waals surface area contributed by atoms with Crippen LogP contribution in [0.1, 0.15) is 54.9 Å². The van der Waals surface area contributed by atoms with Crippen molar-refractivity contribution in [3.8, 4) is 0 Å². The van der Waals surface area contributed by atoms with Gasteiger partial charge in [0, 0.05) is 18.1 Å². The molecule has 0 amide bonds. The molecule has 3 aliphatic rings. The smallest absolute Gasteiger partial charge is 0.0128 e. The summed E-state index contributed by atoms with van der Waals surface area (Å²) in [6.45, 7) is 18.1. The van der Waals surface area contributed by atoms with Gasteiger partial charge in [-0.2, -0.15) is 0 Å². The van der Waals surface area contributed by atoms with Gasteiger partial charge in [0.05, 0.1) is 0 Å². The maximum absolute atomic E-state index is 2.73. The van der Waals surface area contributed by atoms with Crippen LogP contribution in [0.4, 0.5) is 0 Å². The molecule has 0 radical (unpaired) electrons. The van der Waals surface area contributed by atoms with E-state index in [-0.39, 0.29) is 0 Å². The average Bonchev–Trinajstić information content (AvgIpc) is 1.96. The van der Waals surface area contributed by atoms with Crippen molar-refractivity contribution in [3.05, 3.63) is 0 Å². The van der Waals surface area contributed by atoms with Crippen LogP contribution in [0, 0.1) is 23.2 Å². The molecule has 0 aromatic rings. The number of fused-ring (bicyclic) bond motifs is 2. The molecule has 1 saturated carbocycles. The Labute approximate surface area is 102 Å². The van der Waals surface area contributed by atoms with Crippen LogP contribution in [0.5, 0.6) is 0 Å². The van der Waals surface area contributed by atoms with Crippen LogP contribution in [0.15, 0.2) is 0 Å². The minimum atomic E-state index is 0.346. The van der Waals surface area contributed by atoms with Crippen molar-refractivity contribution < 1.29 is 0 Å². The molecule has 1 heteroatoms. The van der Waals surface area contributed by atoms with Gasteiger partial charge >= 0.3 is 0 Å². The number of hydrogen-bond donors (Lipinski definition) is 0. The molecule has 1 nitrogen and oxygen atoms in total. The lowest BCUT2D eigenvalue weighted by atomic mass is 9.50. The molecule has 0 aromatic heterocycles. The van der Waals surface area contributed by atoms with Gasteiger partial charge in [-0.3, -0.25) is 4.90 Å². The van der Waals surface area contributed by atoms with Gasteiger partial charge in [0.25, 0.3) is 0 Å². The molecule has 1 aliphatic carbocycles. The zero-order valence-electron chi connectivity index (χ0n) is 12.2. The highest BCUT2D eigenvalue weighted by molar-refractivity contribution is 5.06. The van der Waals surface area contributed by atoms with Gasteiger partial charge in [-0.25, -0.2) is 0 Å². The Morgan fingerprint density at radius 1 is 1.00 bits per heavy atom. The van der Waals surface area contributed by atoms with E-state index in [9.17, 15) is 0 Å². The van der Waals surface area contributed by atoms with Gasteiger partial charge in [-0.15, -0.1) is 0 Å². The molecule has 4 unspecified atom stereocenters. The van der Waals surface area contributed by atoms with Gasteiger partial charge in [-0.05, 0) is 57.3 Å². The van der Waals surface area contributed by atoms with Gasteiger partial charge in [0.15, 0.2) is 0 Å². The first-order valence-electron chi connectivity index (χ1n) is 6.89. The lowest BCUT2D eigenvalue weighted by molar-refractivity contribution is -0.151. The summed E-state index contributed by atoms with van der Waals surface area (Å²) < 4.78 is 0. The fourth-order valence-electron chi connectivity index (χ4n) is 4.37. The number of rotatable bonds is 0. The van der Waals surface area contributed by atoms with E-state index in [2.05, 4.69) is 53.4 Å². The summed E-state index contributed by atoms with van der Waals surface area (Å²) in [7, 11) is 0. The second kappa shape index (κ2) is 3.48. The molecule has 0 N–H and O–H groups in total. The van der Waals surface area contributed by atoms with Crippen LogP contribution >= 0.6 is 0 Å². The Morgan fingerprint density at radius 3 is 1.94 bits per heavy atom. The summed E-state index contributed by atoms with van der Waals surface area (Å²) in [5.74, 6) is 2.86. The van der Waals surface area contributed by atoms with Crippen molar-refractivity contribution in [2.45, 2.75) is 66.5 Å². The largest absolute Gasteiger partial charge is 0.295 e. The second-order valence-corrected chi connectivity index (χ2v) is 8.12. The molecule has 0 aromatic carbocycles. The molecule has 3 fully saturated rings. The molecule has 2 heterocycles. The molecule has 2 aliphatic heterocycles. The van der Waals surface area contributed by atoms with Crippen molar-refractivity contribution >= 4 is 0 Å². The highest BCUT2D eigenvalue weighted by Gasteiger charge is 2.55. The standard InChI is InChI=1S/C15H29N/c1-10-12-8-11(13(12)14(2,3)4)9-16(10)15(5,6)7/h10-13H,8-9H2,1-7H3. The van der Waals surface area contributed by atoms with E-state index >= 15 is 0 Å². The Balaban J connectivity index is 2.14. The average molecular weight is 223 g/mol. The molecule has 4 atom stereocenters. The normalized spacial score (nSPS) is 40.7. The highest BCUT2D eigenvalue weighted by atomic mass is 15.2. The van der Waals surface area contributed by atoms with Crippen molar-refractivity contribution in [2.24, 2.45) is 23.2 Å².